The van der Waals surface area contributed by atoms with E-state index < -0.39 is 39.3 Å². The monoisotopic (exact) mass is 343 g/mol. The number of hydrogen-bond acceptors (Lipinski definition) is 3. The molecule has 118 valence electrons. The van der Waals surface area contributed by atoms with Crippen molar-refractivity contribution in [2.24, 2.45) is 0 Å². The van der Waals surface area contributed by atoms with Gasteiger partial charge in [0.25, 0.3) is 0 Å². The average molecular weight is 344 g/mol. The molecular weight excluding hydrogens is 331 g/mol. The number of rotatable bonds is 3. The second-order valence-corrected chi connectivity index (χ2v) is 7.03. The zero-order valence-electron chi connectivity index (χ0n) is 10.8. The molecule has 1 fully saturated rings. The molecule has 0 radical (unpaired) electrons. The number of alkyl halides is 3. The van der Waals surface area contributed by atoms with Crippen molar-refractivity contribution in [3.63, 3.8) is 0 Å². The molecule has 1 N–H and O–H groups in total. The Balaban J connectivity index is 2.55. The van der Waals surface area contributed by atoms with Crippen LogP contribution in [0.15, 0.2) is 23.1 Å². The summed E-state index contributed by atoms with van der Waals surface area (Å²) < 4.78 is 64.9. The van der Waals surface area contributed by atoms with Gasteiger partial charge in [0.05, 0.1) is 17.1 Å². The molecule has 1 aliphatic rings. The standard InChI is InChI=1S/C12H13ClF3NO3S/c13-8-3-4-11(10(6-8)12(14,15)16)21(19,20)17-5-1-2-9(17)7-18/h3-4,6,9,18H,1-2,5,7H2/t9-/m1/s1. The molecule has 0 aliphatic carbocycles. The van der Waals surface area contributed by atoms with E-state index in [2.05, 4.69) is 0 Å². The summed E-state index contributed by atoms with van der Waals surface area (Å²) in [6, 6.07) is 1.87. The lowest BCUT2D eigenvalue weighted by molar-refractivity contribution is -0.139. The van der Waals surface area contributed by atoms with Gasteiger partial charge in [0, 0.05) is 17.6 Å². The lowest BCUT2D eigenvalue weighted by Crippen LogP contribution is -2.38. The van der Waals surface area contributed by atoms with Gasteiger partial charge in [-0.15, -0.1) is 0 Å². The fourth-order valence-corrected chi connectivity index (χ4v) is 4.43. The predicted molar refractivity (Wildman–Crippen MR) is 70.5 cm³/mol. The van der Waals surface area contributed by atoms with Gasteiger partial charge in [-0.1, -0.05) is 11.6 Å². The van der Waals surface area contributed by atoms with E-state index in [0.717, 1.165) is 16.4 Å². The Bertz CT molecular complexity index is 633. The molecule has 0 spiro atoms. The van der Waals surface area contributed by atoms with Gasteiger partial charge in [0.1, 0.15) is 0 Å². The van der Waals surface area contributed by atoms with Crippen molar-refractivity contribution in [3.8, 4) is 0 Å². The molecule has 1 atom stereocenters. The molecule has 1 aliphatic heterocycles. The van der Waals surface area contributed by atoms with Crippen LogP contribution in [-0.4, -0.2) is 37.0 Å². The van der Waals surface area contributed by atoms with Crippen molar-refractivity contribution in [2.45, 2.75) is 30.0 Å². The van der Waals surface area contributed by atoms with Gasteiger partial charge in [-0.25, -0.2) is 8.42 Å². The molecule has 4 nitrogen and oxygen atoms in total. The third kappa shape index (κ3) is 3.18. The summed E-state index contributed by atoms with van der Waals surface area (Å²) in [6.45, 7) is -0.332. The number of sulfonamides is 1. The van der Waals surface area contributed by atoms with Crippen LogP contribution in [0.5, 0.6) is 0 Å². The van der Waals surface area contributed by atoms with E-state index in [9.17, 15) is 26.7 Å². The SMILES string of the molecule is O=S(=O)(c1ccc(Cl)cc1C(F)(F)F)N1CCC[C@@H]1CO. The highest BCUT2D eigenvalue weighted by atomic mass is 35.5. The number of nitrogens with zero attached hydrogens (tertiary/aromatic N) is 1. The van der Waals surface area contributed by atoms with Gasteiger partial charge in [0.2, 0.25) is 10.0 Å². The summed E-state index contributed by atoms with van der Waals surface area (Å²) in [5, 5.41) is 8.98. The fourth-order valence-electron chi connectivity index (χ4n) is 2.38. The van der Waals surface area contributed by atoms with E-state index in [1.165, 1.54) is 0 Å². The van der Waals surface area contributed by atoms with Gasteiger partial charge in [0.15, 0.2) is 0 Å². The molecule has 1 heterocycles. The summed E-state index contributed by atoms with van der Waals surface area (Å²) in [5.74, 6) is 0. The first kappa shape index (κ1) is 16.5. The summed E-state index contributed by atoms with van der Waals surface area (Å²) in [5.41, 5.74) is -1.29. The van der Waals surface area contributed by atoms with Crippen molar-refractivity contribution in [1.29, 1.82) is 0 Å². The number of aliphatic hydroxyl groups excluding tert-OH is 1. The topological polar surface area (TPSA) is 57.6 Å². The van der Waals surface area contributed by atoms with Crippen LogP contribution in [0.4, 0.5) is 13.2 Å². The molecule has 2 rings (SSSR count). The summed E-state index contributed by atoms with van der Waals surface area (Å²) in [6.07, 6.45) is -3.91. The number of benzene rings is 1. The quantitative estimate of drug-likeness (QED) is 0.917. The Morgan fingerprint density at radius 1 is 1.38 bits per heavy atom. The van der Waals surface area contributed by atoms with Crippen molar-refractivity contribution < 1.29 is 26.7 Å². The van der Waals surface area contributed by atoms with E-state index >= 15 is 0 Å². The molecule has 0 bridgehead atoms. The highest BCUT2D eigenvalue weighted by Crippen LogP contribution is 2.38. The molecule has 0 unspecified atom stereocenters. The molecular formula is C12H13ClF3NO3S. The summed E-state index contributed by atoms with van der Waals surface area (Å²) in [4.78, 5) is -0.834. The van der Waals surface area contributed by atoms with Crippen LogP contribution in [0.25, 0.3) is 0 Å². The van der Waals surface area contributed by atoms with Crippen molar-refractivity contribution >= 4 is 21.6 Å². The Morgan fingerprint density at radius 3 is 2.62 bits per heavy atom. The summed E-state index contributed by atoms with van der Waals surface area (Å²) in [7, 11) is -4.34. The van der Waals surface area contributed by atoms with E-state index in [-0.39, 0.29) is 11.6 Å². The zero-order valence-corrected chi connectivity index (χ0v) is 12.3. The maximum absolute atomic E-state index is 13.0. The first-order chi connectivity index (χ1) is 9.67. The maximum Gasteiger partial charge on any atom is 0.417 e. The molecule has 0 amide bonds. The Morgan fingerprint density at radius 2 is 2.05 bits per heavy atom. The minimum atomic E-state index is -4.83. The number of hydrogen-bond donors (Lipinski definition) is 1. The van der Waals surface area contributed by atoms with E-state index in [0.29, 0.717) is 18.9 Å². The number of halogens is 4. The van der Waals surface area contributed by atoms with Gasteiger partial charge in [-0.05, 0) is 31.0 Å². The van der Waals surface area contributed by atoms with Gasteiger partial charge in [-0.3, -0.25) is 0 Å². The van der Waals surface area contributed by atoms with Crippen LogP contribution in [-0.2, 0) is 16.2 Å². The average Bonchev–Trinajstić information content (AvgIpc) is 2.86. The smallest absolute Gasteiger partial charge is 0.395 e. The highest BCUT2D eigenvalue weighted by molar-refractivity contribution is 7.89. The predicted octanol–water partition coefficient (Wildman–Crippen LogP) is 2.50. The minimum Gasteiger partial charge on any atom is -0.395 e. The van der Waals surface area contributed by atoms with E-state index in [1.54, 1.807) is 0 Å². The molecule has 1 saturated heterocycles. The van der Waals surface area contributed by atoms with Gasteiger partial charge < -0.3 is 5.11 Å². The molecule has 21 heavy (non-hydrogen) atoms. The Hall–Kier alpha value is -0.830. The van der Waals surface area contributed by atoms with Gasteiger partial charge in [-0.2, -0.15) is 17.5 Å². The minimum absolute atomic E-state index is 0.0908. The van der Waals surface area contributed by atoms with E-state index in [1.807, 2.05) is 0 Å². The van der Waals surface area contributed by atoms with Crippen LogP contribution < -0.4 is 0 Å². The Kier molecular flexibility index (Phi) is 4.53. The van der Waals surface area contributed by atoms with Crippen molar-refractivity contribution in [2.75, 3.05) is 13.2 Å². The molecule has 0 saturated carbocycles. The fraction of sp³-hybridized carbons (Fsp3) is 0.500. The molecule has 0 aromatic heterocycles. The van der Waals surface area contributed by atoms with Crippen LogP contribution in [0.1, 0.15) is 18.4 Å². The summed E-state index contributed by atoms with van der Waals surface area (Å²) >= 11 is 5.54. The lowest BCUT2D eigenvalue weighted by atomic mass is 10.2. The van der Waals surface area contributed by atoms with Crippen LogP contribution >= 0.6 is 11.6 Å². The van der Waals surface area contributed by atoms with E-state index in [4.69, 9.17) is 11.6 Å². The maximum atomic E-state index is 13.0. The van der Waals surface area contributed by atoms with Crippen LogP contribution in [0, 0.1) is 0 Å². The zero-order chi connectivity index (χ0) is 15.8. The second-order valence-electron chi connectivity index (χ2n) is 4.73. The normalized spacial score (nSPS) is 20.9. The first-order valence-electron chi connectivity index (χ1n) is 6.17. The second kappa shape index (κ2) is 5.75. The van der Waals surface area contributed by atoms with Crippen LogP contribution in [0.2, 0.25) is 5.02 Å². The number of aliphatic hydroxyl groups is 1. The molecule has 1 aromatic rings. The van der Waals surface area contributed by atoms with Crippen LogP contribution in [0.3, 0.4) is 0 Å². The molecule has 9 heteroatoms. The first-order valence-corrected chi connectivity index (χ1v) is 7.99. The largest absolute Gasteiger partial charge is 0.417 e. The third-order valence-corrected chi connectivity index (χ3v) is 5.61. The lowest BCUT2D eigenvalue weighted by Gasteiger charge is -2.24. The van der Waals surface area contributed by atoms with Crippen molar-refractivity contribution in [1.82, 2.24) is 4.31 Å². The van der Waals surface area contributed by atoms with Gasteiger partial charge >= 0.3 is 6.18 Å². The van der Waals surface area contributed by atoms with Crippen molar-refractivity contribution in [3.05, 3.63) is 28.8 Å². The Labute approximate surface area is 125 Å². The molecule has 1 aromatic carbocycles. The highest BCUT2D eigenvalue weighted by Gasteiger charge is 2.42. The third-order valence-electron chi connectivity index (χ3n) is 3.37.